The maximum atomic E-state index is 11.5. The number of methoxy groups -OCH3 is 1. The summed E-state index contributed by atoms with van der Waals surface area (Å²) in [5.74, 6) is 0.0792. The molecular weight excluding hydrogens is 290 g/mol. The zero-order valence-electron chi connectivity index (χ0n) is 9.24. The lowest BCUT2D eigenvalue weighted by atomic mass is 10.2. The summed E-state index contributed by atoms with van der Waals surface area (Å²) in [6.07, 6.45) is 1.35. The first-order valence-electron chi connectivity index (χ1n) is 5.13. The van der Waals surface area contributed by atoms with E-state index in [9.17, 15) is 4.79 Å². The predicted octanol–water partition coefficient (Wildman–Crippen LogP) is 2.21. The van der Waals surface area contributed by atoms with Gasteiger partial charge in [0.05, 0.1) is 13.0 Å². The lowest BCUT2D eigenvalue weighted by Crippen LogP contribution is -2.28. The Morgan fingerprint density at radius 2 is 2.50 bits per heavy atom. The predicted molar refractivity (Wildman–Crippen MR) is 70.2 cm³/mol. The summed E-state index contributed by atoms with van der Waals surface area (Å²) in [5, 5.41) is 6.87. The van der Waals surface area contributed by atoms with E-state index in [0.717, 1.165) is 12.0 Å². The summed E-state index contributed by atoms with van der Waals surface area (Å²) >= 11 is 5.09. The van der Waals surface area contributed by atoms with E-state index < -0.39 is 0 Å². The molecule has 90 valence electrons. The highest BCUT2D eigenvalue weighted by molar-refractivity contribution is 9.09. The molecule has 0 aliphatic heterocycles. The molecule has 1 N–H and O–H groups in total. The largest absolute Gasteiger partial charge is 0.384 e. The molecule has 16 heavy (non-hydrogen) atoms. The average molecular weight is 306 g/mol. The van der Waals surface area contributed by atoms with E-state index in [2.05, 4.69) is 21.2 Å². The topological polar surface area (TPSA) is 38.3 Å². The number of hydrogen-bond donors (Lipinski definition) is 1. The van der Waals surface area contributed by atoms with Gasteiger partial charge in [-0.05, 0) is 28.8 Å². The second-order valence-electron chi connectivity index (χ2n) is 3.50. The molecule has 0 aliphatic carbocycles. The fourth-order valence-electron chi connectivity index (χ4n) is 1.27. The van der Waals surface area contributed by atoms with Gasteiger partial charge in [-0.3, -0.25) is 4.79 Å². The van der Waals surface area contributed by atoms with Crippen molar-refractivity contribution >= 4 is 33.2 Å². The number of ether oxygens (including phenoxy) is 1. The Labute approximate surface area is 108 Å². The maximum Gasteiger partial charge on any atom is 0.224 e. The van der Waals surface area contributed by atoms with E-state index in [1.54, 1.807) is 18.4 Å². The highest BCUT2D eigenvalue weighted by Gasteiger charge is 2.06. The van der Waals surface area contributed by atoms with Gasteiger partial charge in [0.2, 0.25) is 5.91 Å². The highest BCUT2D eigenvalue weighted by atomic mass is 79.9. The summed E-state index contributed by atoms with van der Waals surface area (Å²) in [6, 6.07) is 1.97. The monoisotopic (exact) mass is 305 g/mol. The van der Waals surface area contributed by atoms with Crippen molar-refractivity contribution < 1.29 is 9.53 Å². The van der Waals surface area contributed by atoms with Gasteiger partial charge in [-0.1, -0.05) is 15.9 Å². The third-order valence-corrected chi connectivity index (χ3v) is 3.53. The number of halogens is 1. The first-order chi connectivity index (χ1) is 7.72. The van der Waals surface area contributed by atoms with Crippen LogP contribution in [0.2, 0.25) is 0 Å². The van der Waals surface area contributed by atoms with Gasteiger partial charge in [-0.2, -0.15) is 11.3 Å². The van der Waals surface area contributed by atoms with Crippen molar-refractivity contribution in [3.63, 3.8) is 0 Å². The first kappa shape index (κ1) is 13.7. The van der Waals surface area contributed by atoms with Gasteiger partial charge >= 0.3 is 0 Å². The lowest BCUT2D eigenvalue weighted by Gasteiger charge is -2.09. The van der Waals surface area contributed by atoms with Gasteiger partial charge < -0.3 is 10.1 Å². The van der Waals surface area contributed by atoms with Crippen LogP contribution in [-0.4, -0.2) is 31.0 Å². The Balaban J connectivity index is 2.11. The van der Waals surface area contributed by atoms with Crippen LogP contribution in [0, 0.1) is 0 Å². The van der Waals surface area contributed by atoms with Gasteiger partial charge in [0.15, 0.2) is 0 Å². The van der Waals surface area contributed by atoms with E-state index in [0.29, 0.717) is 24.4 Å². The summed E-state index contributed by atoms with van der Waals surface area (Å²) in [4.78, 5) is 11.8. The van der Waals surface area contributed by atoms with Gasteiger partial charge in [0.1, 0.15) is 0 Å². The minimum atomic E-state index is 0.0792. The second-order valence-corrected chi connectivity index (χ2v) is 5.57. The van der Waals surface area contributed by atoms with Crippen LogP contribution in [0.5, 0.6) is 0 Å². The molecule has 0 saturated heterocycles. The number of nitrogens with one attached hydrogen (secondary N) is 1. The summed E-state index contributed by atoms with van der Waals surface area (Å²) in [7, 11) is 1.67. The number of amides is 1. The fourth-order valence-corrected chi connectivity index (χ4v) is 2.44. The SMILES string of the molecule is COCC(Br)CCNC(=O)Cc1ccsc1. The maximum absolute atomic E-state index is 11.5. The van der Waals surface area contributed by atoms with Crippen LogP contribution in [0.25, 0.3) is 0 Å². The summed E-state index contributed by atoms with van der Waals surface area (Å²) in [6.45, 7) is 1.35. The van der Waals surface area contributed by atoms with E-state index in [-0.39, 0.29) is 5.91 Å². The van der Waals surface area contributed by atoms with E-state index in [1.807, 2.05) is 16.8 Å². The highest BCUT2D eigenvalue weighted by Crippen LogP contribution is 2.07. The molecule has 0 saturated carbocycles. The lowest BCUT2D eigenvalue weighted by molar-refractivity contribution is -0.120. The number of hydrogen-bond acceptors (Lipinski definition) is 3. The molecule has 0 fully saturated rings. The molecule has 1 aromatic rings. The Morgan fingerprint density at radius 1 is 1.69 bits per heavy atom. The van der Waals surface area contributed by atoms with Crippen molar-refractivity contribution in [1.29, 1.82) is 0 Å². The van der Waals surface area contributed by atoms with E-state index in [4.69, 9.17) is 4.74 Å². The fraction of sp³-hybridized carbons (Fsp3) is 0.545. The molecule has 0 bridgehead atoms. The van der Waals surface area contributed by atoms with Crippen LogP contribution < -0.4 is 5.32 Å². The van der Waals surface area contributed by atoms with Crippen molar-refractivity contribution in [2.24, 2.45) is 0 Å². The second kappa shape index (κ2) is 7.81. The van der Waals surface area contributed by atoms with Crippen molar-refractivity contribution in [2.75, 3.05) is 20.3 Å². The molecule has 0 aromatic carbocycles. The molecule has 1 aromatic heterocycles. The van der Waals surface area contributed by atoms with Crippen molar-refractivity contribution in [3.8, 4) is 0 Å². The Kier molecular flexibility index (Phi) is 6.68. The smallest absolute Gasteiger partial charge is 0.224 e. The number of carbonyl (C=O) groups is 1. The van der Waals surface area contributed by atoms with Crippen LogP contribution in [0.15, 0.2) is 16.8 Å². The van der Waals surface area contributed by atoms with Gasteiger partial charge in [-0.25, -0.2) is 0 Å². The third kappa shape index (κ3) is 5.63. The number of rotatable bonds is 7. The number of carbonyl (C=O) groups excluding carboxylic acids is 1. The number of thiophene rings is 1. The molecule has 0 aliphatic rings. The van der Waals surface area contributed by atoms with Crippen molar-refractivity contribution in [3.05, 3.63) is 22.4 Å². The Bertz CT molecular complexity index is 303. The average Bonchev–Trinajstić information content (AvgIpc) is 2.70. The summed E-state index contributed by atoms with van der Waals surface area (Å²) in [5.41, 5.74) is 1.08. The summed E-state index contributed by atoms with van der Waals surface area (Å²) < 4.78 is 4.99. The van der Waals surface area contributed by atoms with Gasteiger partial charge in [0, 0.05) is 18.5 Å². The molecule has 0 radical (unpaired) electrons. The van der Waals surface area contributed by atoms with Gasteiger partial charge in [0.25, 0.3) is 0 Å². The molecular formula is C11H16BrNO2S. The molecule has 0 spiro atoms. The molecule has 3 nitrogen and oxygen atoms in total. The molecule has 1 heterocycles. The zero-order valence-corrected chi connectivity index (χ0v) is 11.6. The van der Waals surface area contributed by atoms with Crippen molar-refractivity contribution in [2.45, 2.75) is 17.7 Å². The third-order valence-electron chi connectivity index (χ3n) is 2.07. The molecule has 5 heteroatoms. The van der Waals surface area contributed by atoms with E-state index in [1.165, 1.54) is 0 Å². The Morgan fingerprint density at radius 3 is 3.12 bits per heavy atom. The molecule has 1 amide bonds. The van der Waals surface area contributed by atoms with Crippen LogP contribution in [0.1, 0.15) is 12.0 Å². The zero-order chi connectivity index (χ0) is 11.8. The standard InChI is InChI=1S/C11H16BrNO2S/c1-15-7-10(12)2-4-13-11(14)6-9-3-5-16-8-9/h3,5,8,10H,2,4,6-7H2,1H3,(H,13,14). The first-order valence-corrected chi connectivity index (χ1v) is 6.99. The van der Waals surface area contributed by atoms with Crippen molar-refractivity contribution in [1.82, 2.24) is 5.32 Å². The minimum absolute atomic E-state index is 0.0792. The quantitative estimate of drug-likeness (QED) is 0.784. The minimum Gasteiger partial charge on any atom is -0.384 e. The molecule has 1 atom stereocenters. The molecule has 1 unspecified atom stereocenters. The van der Waals surface area contributed by atoms with Crippen LogP contribution in [0.3, 0.4) is 0 Å². The number of alkyl halides is 1. The van der Waals surface area contributed by atoms with Crippen LogP contribution >= 0.6 is 27.3 Å². The molecule has 1 rings (SSSR count). The normalized spacial score (nSPS) is 12.4. The van der Waals surface area contributed by atoms with Gasteiger partial charge in [-0.15, -0.1) is 0 Å². The van der Waals surface area contributed by atoms with Crippen LogP contribution in [-0.2, 0) is 16.0 Å². The Hall–Kier alpha value is -0.390. The van der Waals surface area contributed by atoms with Crippen LogP contribution in [0.4, 0.5) is 0 Å². The van der Waals surface area contributed by atoms with E-state index >= 15 is 0 Å².